The summed E-state index contributed by atoms with van der Waals surface area (Å²) in [6.07, 6.45) is 1.74. The van der Waals surface area contributed by atoms with Gasteiger partial charge < -0.3 is 9.16 Å². The van der Waals surface area contributed by atoms with E-state index >= 15 is 0 Å². The summed E-state index contributed by atoms with van der Waals surface area (Å²) in [6.45, 7) is 13.0. The molecule has 0 saturated carbocycles. The number of ether oxygens (including phenoxy) is 1. The summed E-state index contributed by atoms with van der Waals surface area (Å²) in [5, 5.41) is 0.146. The molecule has 0 saturated heterocycles. The van der Waals surface area contributed by atoms with Gasteiger partial charge in [0, 0.05) is 6.20 Å². The Morgan fingerprint density at radius 3 is 2.22 bits per heavy atom. The number of halogens is 1. The average Bonchev–Trinajstić information content (AvgIpc) is 2.22. The lowest BCUT2D eigenvalue weighted by Crippen LogP contribution is -2.44. The first kappa shape index (κ1) is 15.5. The Morgan fingerprint density at radius 1 is 1.22 bits per heavy atom. The van der Waals surface area contributed by atoms with Crippen molar-refractivity contribution in [2.24, 2.45) is 0 Å². The fourth-order valence-corrected chi connectivity index (χ4v) is 2.76. The number of methoxy groups -OCH3 is 1. The molecule has 0 N–H and O–H groups in total. The van der Waals surface area contributed by atoms with Crippen LogP contribution in [0.25, 0.3) is 0 Å². The molecule has 0 fully saturated rings. The van der Waals surface area contributed by atoms with Crippen LogP contribution in [0.15, 0.2) is 10.7 Å². The molecule has 0 atom stereocenters. The Balaban J connectivity index is 3.23. The Morgan fingerprint density at radius 2 is 1.78 bits per heavy atom. The molecule has 0 radical (unpaired) electrons. The minimum Gasteiger partial charge on any atom is -0.540 e. The molecule has 1 aromatic rings. The van der Waals surface area contributed by atoms with Gasteiger partial charge >= 0.3 is 0 Å². The van der Waals surface area contributed by atoms with E-state index in [9.17, 15) is 0 Å². The van der Waals surface area contributed by atoms with Gasteiger partial charge in [-0.2, -0.15) is 0 Å². The summed E-state index contributed by atoms with van der Waals surface area (Å²) in [5.74, 6) is 1.49. The molecule has 0 aliphatic heterocycles. The van der Waals surface area contributed by atoms with Gasteiger partial charge in [0.1, 0.15) is 0 Å². The van der Waals surface area contributed by atoms with Gasteiger partial charge in [-0.25, -0.2) is 0 Å². The quantitative estimate of drug-likeness (QED) is 0.761. The largest absolute Gasteiger partial charge is 0.540 e. The van der Waals surface area contributed by atoms with Crippen LogP contribution in [0.4, 0.5) is 0 Å². The third kappa shape index (κ3) is 3.06. The molecule has 0 aliphatic rings. The standard InChI is InChI=1S/C13H22BrNO2Si/c1-9-11(12(16-5)10(14)8-15-9)17-18(6,7)13(2,3)4/h8H,1-7H3. The van der Waals surface area contributed by atoms with Crippen molar-refractivity contribution >= 4 is 24.2 Å². The maximum absolute atomic E-state index is 6.32. The highest BCUT2D eigenvalue weighted by Gasteiger charge is 2.40. The first-order valence-corrected chi connectivity index (χ1v) is 9.68. The second-order valence-corrected chi connectivity index (χ2v) is 11.5. The summed E-state index contributed by atoms with van der Waals surface area (Å²) in [7, 11) is -0.238. The SMILES string of the molecule is COc1c(Br)cnc(C)c1O[Si](C)(C)C(C)(C)C. The van der Waals surface area contributed by atoms with E-state index in [4.69, 9.17) is 9.16 Å². The van der Waals surface area contributed by atoms with Crippen molar-refractivity contribution in [1.29, 1.82) is 0 Å². The molecule has 0 amide bonds. The van der Waals surface area contributed by atoms with E-state index in [1.54, 1.807) is 13.3 Å². The monoisotopic (exact) mass is 331 g/mol. The topological polar surface area (TPSA) is 31.4 Å². The highest BCUT2D eigenvalue weighted by atomic mass is 79.9. The van der Waals surface area contributed by atoms with Crippen LogP contribution in [0.3, 0.4) is 0 Å². The highest BCUT2D eigenvalue weighted by molar-refractivity contribution is 9.10. The molecule has 102 valence electrons. The lowest BCUT2D eigenvalue weighted by molar-refractivity contribution is 0.380. The van der Waals surface area contributed by atoms with Gasteiger partial charge in [0.05, 0.1) is 17.3 Å². The zero-order valence-corrected chi connectivity index (χ0v) is 14.8. The van der Waals surface area contributed by atoms with E-state index in [1.807, 2.05) is 6.92 Å². The Hall–Kier alpha value is -0.553. The van der Waals surface area contributed by atoms with Crippen LogP contribution in [0.2, 0.25) is 18.1 Å². The lowest BCUT2D eigenvalue weighted by Gasteiger charge is -2.37. The lowest BCUT2D eigenvalue weighted by atomic mass is 10.2. The average molecular weight is 332 g/mol. The van der Waals surface area contributed by atoms with Crippen LogP contribution in [0, 0.1) is 6.92 Å². The fraction of sp³-hybridized carbons (Fsp3) is 0.615. The molecular weight excluding hydrogens is 310 g/mol. The molecule has 0 spiro atoms. The van der Waals surface area contributed by atoms with Crippen LogP contribution in [-0.2, 0) is 0 Å². The van der Waals surface area contributed by atoms with Gasteiger partial charge in [0.25, 0.3) is 8.32 Å². The molecule has 0 bridgehead atoms. The van der Waals surface area contributed by atoms with E-state index in [1.165, 1.54) is 0 Å². The van der Waals surface area contributed by atoms with Crippen molar-refractivity contribution in [2.75, 3.05) is 7.11 Å². The number of aryl methyl sites for hydroxylation is 1. The summed E-state index contributed by atoms with van der Waals surface area (Å²) >= 11 is 3.45. The molecule has 1 heterocycles. The van der Waals surface area contributed by atoms with Crippen molar-refractivity contribution in [3.63, 3.8) is 0 Å². The van der Waals surface area contributed by atoms with Gasteiger partial charge in [0.2, 0.25) is 0 Å². The number of hydrogen-bond donors (Lipinski definition) is 0. The molecule has 3 nitrogen and oxygen atoms in total. The van der Waals surface area contributed by atoms with Gasteiger partial charge in [-0.15, -0.1) is 0 Å². The van der Waals surface area contributed by atoms with E-state index in [2.05, 4.69) is 54.8 Å². The van der Waals surface area contributed by atoms with E-state index in [0.717, 1.165) is 21.7 Å². The van der Waals surface area contributed by atoms with Crippen LogP contribution >= 0.6 is 15.9 Å². The molecule has 0 unspecified atom stereocenters. The van der Waals surface area contributed by atoms with Crippen molar-refractivity contribution in [3.8, 4) is 11.5 Å². The molecule has 5 heteroatoms. The summed E-state index contributed by atoms with van der Waals surface area (Å²) in [4.78, 5) is 4.32. The number of nitrogens with zero attached hydrogens (tertiary/aromatic N) is 1. The molecule has 0 aromatic carbocycles. The van der Waals surface area contributed by atoms with Gasteiger partial charge in [-0.3, -0.25) is 4.98 Å². The maximum Gasteiger partial charge on any atom is 0.250 e. The van der Waals surface area contributed by atoms with E-state index in [-0.39, 0.29) is 5.04 Å². The normalized spacial score (nSPS) is 12.4. The van der Waals surface area contributed by atoms with Gasteiger partial charge in [-0.05, 0) is 41.0 Å². The molecular formula is C13H22BrNO2Si. The molecule has 1 rings (SSSR count). The first-order valence-electron chi connectivity index (χ1n) is 5.98. The van der Waals surface area contributed by atoms with Crippen LogP contribution in [-0.4, -0.2) is 20.4 Å². The van der Waals surface area contributed by atoms with Crippen molar-refractivity contribution in [1.82, 2.24) is 4.98 Å². The predicted octanol–water partition coefficient (Wildman–Crippen LogP) is 4.55. The number of aromatic nitrogens is 1. The third-order valence-electron chi connectivity index (χ3n) is 3.49. The van der Waals surface area contributed by atoms with Crippen molar-refractivity contribution in [2.45, 2.75) is 45.8 Å². The van der Waals surface area contributed by atoms with E-state index < -0.39 is 8.32 Å². The van der Waals surface area contributed by atoms with Crippen molar-refractivity contribution in [3.05, 3.63) is 16.4 Å². The number of rotatable bonds is 3. The van der Waals surface area contributed by atoms with Crippen LogP contribution < -0.4 is 9.16 Å². The predicted molar refractivity (Wildman–Crippen MR) is 81.1 cm³/mol. The summed E-state index contributed by atoms with van der Waals surface area (Å²) in [6, 6.07) is 0. The first-order chi connectivity index (χ1) is 8.10. The Kier molecular flexibility index (Phi) is 4.49. The van der Waals surface area contributed by atoms with Crippen molar-refractivity contribution < 1.29 is 9.16 Å². The zero-order valence-electron chi connectivity index (χ0n) is 12.2. The number of pyridine rings is 1. The second kappa shape index (κ2) is 5.21. The molecule has 18 heavy (non-hydrogen) atoms. The minimum atomic E-state index is -1.89. The molecule has 0 aliphatic carbocycles. The summed E-state index contributed by atoms with van der Waals surface area (Å²) in [5.41, 5.74) is 0.861. The fourth-order valence-electron chi connectivity index (χ4n) is 1.26. The molecule has 1 aromatic heterocycles. The highest BCUT2D eigenvalue weighted by Crippen LogP contribution is 2.43. The zero-order chi connectivity index (χ0) is 14.1. The second-order valence-electron chi connectivity index (χ2n) is 5.92. The van der Waals surface area contributed by atoms with Gasteiger partial charge in [-0.1, -0.05) is 20.8 Å². The minimum absolute atomic E-state index is 0.146. The number of hydrogen-bond acceptors (Lipinski definition) is 3. The third-order valence-corrected chi connectivity index (χ3v) is 8.38. The van der Waals surface area contributed by atoms with Crippen LogP contribution in [0.5, 0.6) is 11.5 Å². The smallest absolute Gasteiger partial charge is 0.250 e. The van der Waals surface area contributed by atoms with E-state index in [0.29, 0.717) is 0 Å². The Bertz CT molecular complexity index is 441. The van der Waals surface area contributed by atoms with Gasteiger partial charge in [0.15, 0.2) is 11.5 Å². The van der Waals surface area contributed by atoms with Crippen LogP contribution in [0.1, 0.15) is 26.5 Å². The Labute approximate surface area is 119 Å². The summed E-state index contributed by atoms with van der Waals surface area (Å²) < 4.78 is 12.6. The maximum atomic E-state index is 6.32.